The van der Waals surface area contributed by atoms with Crippen LogP contribution in [0.1, 0.15) is 54.4 Å². The van der Waals surface area contributed by atoms with E-state index in [1.54, 1.807) is 20.8 Å². The molecular weight excluding hydrogens is 260 g/mol. The fourth-order valence-electron chi connectivity index (χ4n) is 2.03. The second-order valence-corrected chi connectivity index (χ2v) is 7.05. The van der Waals surface area contributed by atoms with Gasteiger partial charge in [-0.1, -0.05) is 26.3 Å². The maximum Gasteiger partial charge on any atom is 0.332 e. The molecule has 0 aliphatic rings. The summed E-state index contributed by atoms with van der Waals surface area (Å²) in [6, 6.07) is 0. The molecular formula is C14H26O4Si. The molecule has 0 aliphatic carbocycles. The summed E-state index contributed by atoms with van der Waals surface area (Å²) in [5.41, 5.74) is -0.0555. The zero-order chi connectivity index (χ0) is 15.4. The summed E-state index contributed by atoms with van der Waals surface area (Å²) in [7, 11) is 0.271. The monoisotopic (exact) mass is 286 g/mol. The first-order valence-electron chi connectivity index (χ1n) is 6.45. The number of carboxylic acids is 1. The van der Waals surface area contributed by atoms with Gasteiger partial charge in [0.15, 0.2) is 0 Å². The smallest absolute Gasteiger partial charge is 0.332 e. The molecule has 0 radical (unpaired) electrons. The van der Waals surface area contributed by atoms with Gasteiger partial charge in [0.1, 0.15) is 0 Å². The zero-order valence-corrected chi connectivity index (χ0v) is 15.1. The lowest BCUT2D eigenvalue weighted by Crippen LogP contribution is -2.32. The minimum atomic E-state index is -1.10. The van der Waals surface area contributed by atoms with Crippen molar-refractivity contribution in [3.63, 3.8) is 0 Å². The van der Waals surface area contributed by atoms with Crippen molar-refractivity contribution in [3.05, 3.63) is 11.1 Å². The van der Waals surface area contributed by atoms with Crippen molar-refractivity contribution >= 4 is 22.4 Å². The highest BCUT2D eigenvalue weighted by Crippen LogP contribution is 2.33. The number of aliphatic carboxylic acids is 1. The van der Waals surface area contributed by atoms with Gasteiger partial charge in [-0.25, -0.2) is 4.79 Å². The number of carbonyl (C=O) groups is 2. The van der Waals surface area contributed by atoms with Gasteiger partial charge in [-0.3, -0.25) is 4.79 Å². The molecule has 0 amide bonds. The van der Waals surface area contributed by atoms with Gasteiger partial charge >= 0.3 is 11.9 Å². The lowest BCUT2D eigenvalue weighted by molar-refractivity contribution is -0.145. The third kappa shape index (κ3) is 5.18. The molecule has 0 fully saturated rings. The van der Waals surface area contributed by atoms with Crippen LogP contribution in [0, 0.1) is 10.8 Å². The summed E-state index contributed by atoms with van der Waals surface area (Å²) in [4.78, 5) is 23.3. The third-order valence-corrected chi connectivity index (χ3v) is 3.58. The maximum absolute atomic E-state index is 11.8. The first-order valence-corrected chi connectivity index (χ1v) is 7.27. The molecule has 0 atom stereocenters. The van der Waals surface area contributed by atoms with Gasteiger partial charge in [0, 0.05) is 0 Å². The highest BCUT2D eigenvalue weighted by Gasteiger charge is 2.38. The molecule has 0 saturated heterocycles. The fraction of sp³-hybridized carbons (Fsp3) is 0.714. The van der Waals surface area contributed by atoms with Gasteiger partial charge in [-0.15, -0.1) is 0 Å². The molecule has 110 valence electrons. The van der Waals surface area contributed by atoms with Crippen LogP contribution >= 0.6 is 0 Å². The first-order chi connectivity index (χ1) is 8.43. The largest absolute Gasteiger partial charge is 0.528 e. The number of hydrogen-bond acceptors (Lipinski definition) is 3. The van der Waals surface area contributed by atoms with E-state index < -0.39 is 17.4 Å². The molecule has 0 heterocycles. The first kappa shape index (κ1) is 17.9. The number of hydrogen-bond donors (Lipinski definition) is 1. The Kier molecular flexibility index (Phi) is 6.00. The Balaban J connectivity index is 5.41. The molecule has 0 rings (SSSR count). The third-order valence-electron chi connectivity index (χ3n) is 3.21. The van der Waals surface area contributed by atoms with E-state index in [4.69, 9.17) is 4.43 Å². The molecule has 4 nitrogen and oxygen atoms in total. The predicted molar refractivity (Wildman–Crippen MR) is 78.8 cm³/mol. The van der Waals surface area contributed by atoms with Crippen LogP contribution in [0.5, 0.6) is 0 Å². The Morgan fingerprint density at radius 1 is 1.16 bits per heavy atom. The highest BCUT2D eigenvalue weighted by molar-refractivity contribution is 6.08. The second-order valence-electron chi connectivity index (χ2n) is 6.64. The molecule has 19 heavy (non-hydrogen) atoms. The Hall–Kier alpha value is -1.10. The average Bonchev–Trinajstić information content (AvgIpc) is 2.23. The summed E-state index contributed by atoms with van der Waals surface area (Å²) in [5, 5.41) is 9.40. The molecule has 0 spiro atoms. The summed E-state index contributed by atoms with van der Waals surface area (Å²) in [6.45, 7) is 11.3. The quantitative estimate of drug-likeness (QED) is 0.621. The van der Waals surface area contributed by atoms with E-state index in [9.17, 15) is 14.7 Å². The number of rotatable bonds is 5. The number of allylic oxidation sites excluding steroid dienone is 1. The van der Waals surface area contributed by atoms with E-state index in [0.29, 0.717) is 6.42 Å². The van der Waals surface area contributed by atoms with Gasteiger partial charge < -0.3 is 9.53 Å². The SMILES string of the molecule is CC(CCC(C)(C)C)=C(C(=O)O)C(C)(C)C(=O)O[SiH3]. The topological polar surface area (TPSA) is 63.6 Å². The van der Waals surface area contributed by atoms with E-state index in [1.165, 1.54) is 0 Å². The maximum atomic E-state index is 11.8. The van der Waals surface area contributed by atoms with E-state index in [0.717, 1.165) is 12.0 Å². The Labute approximate surface area is 118 Å². The summed E-state index contributed by atoms with van der Waals surface area (Å²) >= 11 is 0. The van der Waals surface area contributed by atoms with Crippen LogP contribution < -0.4 is 0 Å². The summed E-state index contributed by atoms with van der Waals surface area (Å²) < 4.78 is 4.84. The van der Waals surface area contributed by atoms with Crippen LogP contribution in [-0.2, 0) is 14.0 Å². The molecule has 0 aliphatic heterocycles. The molecule has 0 bridgehead atoms. The van der Waals surface area contributed by atoms with Crippen molar-refractivity contribution in [3.8, 4) is 0 Å². The van der Waals surface area contributed by atoms with E-state index >= 15 is 0 Å². The van der Waals surface area contributed by atoms with Gasteiger partial charge in [0.25, 0.3) is 0 Å². The Morgan fingerprint density at radius 2 is 1.63 bits per heavy atom. The molecule has 0 unspecified atom stereocenters. The van der Waals surface area contributed by atoms with Crippen molar-refractivity contribution < 1.29 is 19.1 Å². The van der Waals surface area contributed by atoms with Crippen LogP contribution in [0.4, 0.5) is 0 Å². The molecule has 0 aromatic heterocycles. The van der Waals surface area contributed by atoms with Crippen molar-refractivity contribution in [2.24, 2.45) is 10.8 Å². The standard InChI is InChI=1S/C14H26O4Si/c1-9(7-8-13(2,3)4)10(11(15)16)14(5,6)12(17)18-19/h7-8H2,1-6,19H3,(H,15,16). The number of carbonyl (C=O) groups excluding carboxylic acids is 1. The normalized spacial score (nSPS) is 14.0. The van der Waals surface area contributed by atoms with Crippen molar-refractivity contribution in [1.82, 2.24) is 0 Å². The van der Waals surface area contributed by atoms with E-state index in [2.05, 4.69) is 20.8 Å². The Morgan fingerprint density at radius 3 is 1.95 bits per heavy atom. The minimum absolute atomic E-state index is 0.132. The van der Waals surface area contributed by atoms with E-state index in [1.807, 2.05) is 0 Å². The van der Waals surface area contributed by atoms with Gasteiger partial charge in [0.05, 0.1) is 11.0 Å². The highest BCUT2D eigenvalue weighted by atomic mass is 28.2. The Bertz CT molecular complexity index is 389. The summed E-state index contributed by atoms with van der Waals surface area (Å²) in [5.74, 6) is -1.50. The van der Waals surface area contributed by atoms with Crippen LogP contribution in [0.25, 0.3) is 0 Å². The lowest BCUT2D eigenvalue weighted by atomic mass is 9.79. The molecule has 0 saturated carbocycles. The lowest BCUT2D eigenvalue weighted by Gasteiger charge is -2.26. The van der Waals surface area contributed by atoms with Gasteiger partial charge in [-0.2, -0.15) is 0 Å². The van der Waals surface area contributed by atoms with Gasteiger partial charge in [-0.05, 0) is 39.0 Å². The van der Waals surface area contributed by atoms with Crippen molar-refractivity contribution in [2.75, 3.05) is 0 Å². The van der Waals surface area contributed by atoms with Gasteiger partial charge in [0.2, 0.25) is 10.5 Å². The van der Waals surface area contributed by atoms with Crippen LogP contribution in [0.2, 0.25) is 0 Å². The van der Waals surface area contributed by atoms with Crippen LogP contribution in [-0.4, -0.2) is 27.5 Å². The molecule has 5 heteroatoms. The second kappa shape index (κ2) is 6.37. The molecule has 0 aromatic carbocycles. The minimum Gasteiger partial charge on any atom is -0.528 e. The fourth-order valence-corrected chi connectivity index (χ4v) is 2.54. The van der Waals surface area contributed by atoms with E-state index in [-0.39, 0.29) is 21.5 Å². The van der Waals surface area contributed by atoms with Crippen molar-refractivity contribution in [2.45, 2.75) is 54.4 Å². The van der Waals surface area contributed by atoms with Crippen LogP contribution in [0.3, 0.4) is 0 Å². The predicted octanol–water partition coefficient (Wildman–Crippen LogP) is 2.06. The van der Waals surface area contributed by atoms with Crippen molar-refractivity contribution in [1.29, 1.82) is 0 Å². The molecule has 0 aromatic rings. The molecule has 1 N–H and O–H groups in total. The average molecular weight is 286 g/mol. The zero-order valence-electron chi connectivity index (χ0n) is 13.1. The number of carboxylic acid groups (broad SMARTS) is 1. The van der Waals surface area contributed by atoms with Crippen LogP contribution in [0.15, 0.2) is 11.1 Å². The summed E-state index contributed by atoms with van der Waals surface area (Å²) in [6.07, 6.45) is 1.55.